The number of carbonyl (C=O) groups is 3. The zero-order valence-corrected chi connectivity index (χ0v) is 11.3. The molecule has 0 saturated carbocycles. The van der Waals surface area contributed by atoms with Gasteiger partial charge < -0.3 is 10.2 Å². The van der Waals surface area contributed by atoms with Crippen LogP contribution in [-0.2, 0) is 15.1 Å². The topological polar surface area (TPSA) is 78.5 Å². The fourth-order valence-corrected chi connectivity index (χ4v) is 2.65. The van der Waals surface area contributed by atoms with E-state index < -0.39 is 17.5 Å². The van der Waals surface area contributed by atoms with Gasteiger partial charge >= 0.3 is 6.03 Å². The number of imide groups is 1. The molecule has 0 bridgehead atoms. The van der Waals surface area contributed by atoms with E-state index >= 15 is 0 Å². The van der Waals surface area contributed by atoms with Crippen LogP contribution in [0.25, 0.3) is 0 Å². The van der Waals surface area contributed by atoms with Crippen molar-refractivity contribution in [2.75, 3.05) is 6.54 Å². The number of urea groups is 1. The highest BCUT2D eigenvalue weighted by Crippen LogP contribution is 2.27. The highest BCUT2D eigenvalue weighted by atomic mass is 16.2. The van der Waals surface area contributed by atoms with Crippen LogP contribution >= 0.6 is 0 Å². The average Bonchev–Trinajstić information content (AvgIpc) is 2.77. The lowest BCUT2D eigenvalue weighted by molar-refractivity contribution is -0.132. The van der Waals surface area contributed by atoms with E-state index in [-0.39, 0.29) is 12.5 Å². The van der Waals surface area contributed by atoms with E-state index in [9.17, 15) is 14.4 Å². The minimum atomic E-state index is -1.24. The zero-order valence-electron chi connectivity index (χ0n) is 11.3. The lowest BCUT2D eigenvalue weighted by Crippen LogP contribution is -2.53. The molecule has 0 aromatic heterocycles. The summed E-state index contributed by atoms with van der Waals surface area (Å²) in [6, 6.07) is 8.41. The van der Waals surface area contributed by atoms with E-state index in [2.05, 4.69) is 10.6 Å². The molecule has 1 aromatic carbocycles. The molecule has 0 aliphatic carbocycles. The number of nitrogens with zero attached hydrogens (tertiary/aromatic N) is 1. The molecule has 2 aliphatic heterocycles. The molecule has 3 rings (SSSR count). The van der Waals surface area contributed by atoms with Gasteiger partial charge in [-0.3, -0.25) is 14.9 Å². The highest BCUT2D eigenvalue weighted by Gasteiger charge is 2.49. The number of hydrogen-bond donors (Lipinski definition) is 2. The van der Waals surface area contributed by atoms with Crippen molar-refractivity contribution >= 4 is 17.8 Å². The van der Waals surface area contributed by atoms with Crippen molar-refractivity contribution in [2.45, 2.75) is 18.4 Å². The monoisotopic (exact) mass is 285 g/mol. The summed E-state index contributed by atoms with van der Waals surface area (Å²) in [4.78, 5) is 37.4. The molecule has 1 saturated heterocycles. The van der Waals surface area contributed by atoms with Crippen LogP contribution in [-0.4, -0.2) is 29.3 Å². The first-order valence-corrected chi connectivity index (χ1v) is 6.77. The van der Waals surface area contributed by atoms with E-state index in [0.29, 0.717) is 18.4 Å². The van der Waals surface area contributed by atoms with Gasteiger partial charge in [0.15, 0.2) is 5.54 Å². The fourth-order valence-electron chi connectivity index (χ4n) is 2.65. The van der Waals surface area contributed by atoms with Gasteiger partial charge in [0.25, 0.3) is 5.91 Å². The molecule has 2 N–H and O–H groups in total. The Hall–Kier alpha value is -2.63. The Kier molecular flexibility index (Phi) is 3.21. The summed E-state index contributed by atoms with van der Waals surface area (Å²) in [5, 5.41) is 4.93. The Morgan fingerprint density at radius 2 is 1.90 bits per heavy atom. The second kappa shape index (κ2) is 5.05. The molecular weight excluding hydrogens is 270 g/mol. The fraction of sp³-hybridized carbons (Fsp3) is 0.267. The van der Waals surface area contributed by atoms with E-state index in [1.165, 1.54) is 4.90 Å². The number of hydrogen-bond acceptors (Lipinski definition) is 3. The van der Waals surface area contributed by atoms with Gasteiger partial charge in [-0.1, -0.05) is 36.4 Å². The average molecular weight is 285 g/mol. The van der Waals surface area contributed by atoms with E-state index in [1.54, 1.807) is 30.5 Å². The second-order valence-electron chi connectivity index (χ2n) is 5.12. The third-order valence-electron chi connectivity index (χ3n) is 3.75. The Labute approximate surface area is 121 Å². The number of rotatable bonds is 3. The third-order valence-corrected chi connectivity index (χ3v) is 3.75. The van der Waals surface area contributed by atoms with Crippen molar-refractivity contribution in [1.29, 1.82) is 0 Å². The van der Waals surface area contributed by atoms with Crippen LogP contribution in [0.3, 0.4) is 0 Å². The van der Waals surface area contributed by atoms with Crippen LogP contribution in [0.1, 0.15) is 18.4 Å². The minimum Gasteiger partial charge on any atom is -0.318 e. The lowest BCUT2D eigenvalue weighted by Gasteiger charge is -2.32. The van der Waals surface area contributed by atoms with Crippen molar-refractivity contribution in [3.8, 4) is 0 Å². The van der Waals surface area contributed by atoms with Gasteiger partial charge in [0, 0.05) is 12.6 Å². The SMILES string of the molecule is O=C1NC(=O)C(CN2C=CCCC2=O)(c2ccccc2)N1. The first-order chi connectivity index (χ1) is 10.1. The third kappa shape index (κ3) is 2.29. The number of amides is 4. The molecule has 6 nitrogen and oxygen atoms in total. The molecule has 4 amide bonds. The zero-order chi connectivity index (χ0) is 14.9. The first kappa shape index (κ1) is 13.4. The summed E-state index contributed by atoms with van der Waals surface area (Å²) in [6.45, 7) is 0.0872. The van der Waals surface area contributed by atoms with Crippen molar-refractivity contribution in [2.24, 2.45) is 0 Å². The molecule has 1 atom stereocenters. The van der Waals surface area contributed by atoms with Crippen LogP contribution in [0.15, 0.2) is 42.6 Å². The molecule has 2 heterocycles. The molecule has 0 spiro atoms. The van der Waals surface area contributed by atoms with Crippen LogP contribution in [0.5, 0.6) is 0 Å². The summed E-state index contributed by atoms with van der Waals surface area (Å²) in [5.74, 6) is -0.493. The van der Waals surface area contributed by atoms with E-state index in [1.807, 2.05) is 12.1 Å². The summed E-state index contributed by atoms with van der Waals surface area (Å²) in [7, 11) is 0. The number of allylic oxidation sites excluding steroid dienone is 1. The number of carbonyl (C=O) groups excluding carboxylic acids is 3. The maximum Gasteiger partial charge on any atom is 0.322 e. The van der Waals surface area contributed by atoms with Crippen LogP contribution in [0.2, 0.25) is 0 Å². The summed E-state index contributed by atoms with van der Waals surface area (Å²) >= 11 is 0. The van der Waals surface area contributed by atoms with Gasteiger partial charge in [0.05, 0.1) is 6.54 Å². The Morgan fingerprint density at radius 3 is 2.52 bits per heavy atom. The van der Waals surface area contributed by atoms with Gasteiger partial charge in [0.2, 0.25) is 5.91 Å². The standard InChI is InChI=1S/C15H15N3O3/c19-12-8-4-5-9-18(12)10-15(11-6-2-1-3-7-11)13(20)16-14(21)17-15/h1-3,5-7,9H,4,8,10H2,(H2,16,17,20,21). The molecule has 1 fully saturated rings. The van der Waals surface area contributed by atoms with Crippen molar-refractivity contribution in [3.63, 3.8) is 0 Å². The lowest BCUT2D eigenvalue weighted by atomic mass is 9.89. The van der Waals surface area contributed by atoms with Crippen molar-refractivity contribution in [3.05, 3.63) is 48.2 Å². The minimum absolute atomic E-state index is 0.0539. The summed E-state index contributed by atoms with van der Waals surface area (Å²) < 4.78 is 0. The van der Waals surface area contributed by atoms with Gasteiger partial charge in [-0.05, 0) is 12.0 Å². The Balaban J connectivity index is 1.99. The molecule has 1 aromatic rings. The van der Waals surface area contributed by atoms with Gasteiger partial charge in [-0.2, -0.15) is 0 Å². The van der Waals surface area contributed by atoms with Crippen molar-refractivity contribution < 1.29 is 14.4 Å². The van der Waals surface area contributed by atoms with Crippen LogP contribution in [0, 0.1) is 0 Å². The molecule has 1 unspecified atom stereocenters. The van der Waals surface area contributed by atoms with Crippen LogP contribution < -0.4 is 10.6 Å². The summed E-state index contributed by atoms with van der Waals surface area (Å²) in [5.41, 5.74) is -0.588. The molecule has 108 valence electrons. The molecule has 0 radical (unpaired) electrons. The smallest absolute Gasteiger partial charge is 0.318 e. The molecule has 6 heteroatoms. The second-order valence-corrected chi connectivity index (χ2v) is 5.12. The maximum atomic E-state index is 12.3. The molecule has 21 heavy (non-hydrogen) atoms. The number of benzene rings is 1. The number of nitrogens with one attached hydrogen (secondary N) is 2. The maximum absolute atomic E-state index is 12.3. The predicted molar refractivity (Wildman–Crippen MR) is 74.9 cm³/mol. The summed E-state index contributed by atoms with van der Waals surface area (Å²) in [6.07, 6.45) is 4.67. The highest BCUT2D eigenvalue weighted by molar-refractivity contribution is 6.07. The van der Waals surface area contributed by atoms with Gasteiger partial charge in [-0.15, -0.1) is 0 Å². The quantitative estimate of drug-likeness (QED) is 0.808. The van der Waals surface area contributed by atoms with E-state index in [4.69, 9.17) is 0 Å². The molecular formula is C15H15N3O3. The molecule has 2 aliphatic rings. The normalized spacial score (nSPS) is 25.0. The largest absolute Gasteiger partial charge is 0.322 e. The van der Waals surface area contributed by atoms with Crippen molar-refractivity contribution in [1.82, 2.24) is 15.5 Å². The Morgan fingerprint density at radius 1 is 1.14 bits per heavy atom. The van der Waals surface area contributed by atoms with E-state index in [0.717, 1.165) is 0 Å². The van der Waals surface area contributed by atoms with Crippen LogP contribution in [0.4, 0.5) is 4.79 Å². The van der Waals surface area contributed by atoms with Gasteiger partial charge in [-0.25, -0.2) is 4.79 Å². The first-order valence-electron chi connectivity index (χ1n) is 6.77. The Bertz CT molecular complexity index is 626. The predicted octanol–water partition coefficient (Wildman–Crippen LogP) is 0.857. The van der Waals surface area contributed by atoms with Gasteiger partial charge in [0.1, 0.15) is 0 Å².